The van der Waals surface area contributed by atoms with Gasteiger partial charge in [0.1, 0.15) is 0 Å². The van der Waals surface area contributed by atoms with Gasteiger partial charge in [-0.15, -0.1) is 0 Å². The molecule has 2 rings (SSSR count). The number of rotatable bonds is 5. The molecular formula is C14H24N4O. The Bertz CT molecular complexity index is 427. The molecule has 1 saturated heterocycles. The van der Waals surface area contributed by atoms with Crippen LogP contribution in [0.1, 0.15) is 32.3 Å². The van der Waals surface area contributed by atoms with Gasteiger partial charge in [0.25, 0.3) is 0 Å². The Morgan fingerprint density at radius 3 is 2.89 bits per heavy atom. The van der Waals surface area contributed by atoms with Gasteiger partial charge in [0.15, 0.2) is 0 Å². The van der Waals surface area contributed by atoms with E-state index in [4.69, 9.17) is 0 Å². The molecule has 1 aliphatic rings. The van der Waals surface area contributed by atoms with Crippen LogP contribution >= 0.6 is 0 Å². The lowest BCUT2D eigenvalue weighted by Crippen LogP contribution is -2.52. The predicted octanol–water partition coefficient (Wildman–Crippen LogP) is 1.18. The van der Waals surface area contributed by atoms with Gasteiger partial charge in [-0.05, 0) is 25.3 Å². The second kappa shape index (κ2) is 6.19. The zero-order valence-corrected chi connectivity index (χ0v) is 12.1. The minimum atomic E-state index is -0.00638. The van der Waals surface area contributed by atoms with Crippen LogP contribution in [-0.2, 0) is 11.3 Å². The third kappa shape index (κ3) is 3.80. The summed E-state index contributed by atoms with van der Waals surface area (Å²) in [5.41, 5.74) is 1.16. The van der Waals surface area contributed by atoms with E-state index in [1.807, 2.05) is 28.9 Å². The number of amides is 1. The minimum Gasteiger partial charge on any atom is -0.339 e. The number of nitrogens with one attached hydrogen (secondary N) is 1. The quantitative estimate of drug-likeness (QED) is 0.869. The molecular weight excluding hydrogens is 240 g/mol. The summed E-state index contributed by atoms with van der Waals surface area (Å²) < 4.78 is 1.90. The molecule has 0 aromatic carbocycles. The van der Waals surface area contributed by atoms with E-state index in [0.29, 0.717) is 6.04 Å². The van der Waals surface area contributed by atoms with E-state index in [9.17, 15) is 4.79 Å². The molecule has 1 N–H and O–H groups in total. The predicted molar refractivity (Wildman–Crippen MR) is 74.8 cm³/mol. The van der Waals surface area contributed by atoms with Crippen LogP contribution in [0, 0.1) is 6.92 Å². The highest BCUT2D eigenvalue weighted by atomic mass is 16.2. The van der Waals surface area contributed by atoms with Crippen molar-refractivity contribution in [3.05, 3.63) is 18.0 Å². The third-order valence-electron chi connectivity index (χ3n) is 3.43. The fourth-order valence-corrected chi connectivity index (χ4v) is 2.53. The second-order valence-electron chi connectivity index (χ2n) is 5.62. The van der Waals surface area contributed by atoms with Gasteiger partial charge >= 0.3 is 0 Å². The van der Waals surface area contributed by atoms with Crippen molar-refractivity contribution < 1.29 is 4.79 Å². The molecule has 0 radical (unpaired) electrons. The monoisotopic (exact) mass is 264 g/mol. The molecule has 5 nitrogen and oxygen atoms in total. The van der Waals surface area contributed by atoms with Crippen LogP contribution in [0.5, 0.6) is 0 Å². The smallest absolute Gasteiger partial charge is 0.239 e. The third-order valence-corrected chi connectivity index (χ3v) is 3.43. The number of hydrogen-bond acceptors (Lipinski definition) is 3. The average Bonchev–Trinajstić information content (AvgIpc) is 2.76. The fourth-order valence-electron chi connectivity index (χ4n) is 2.53. The molecule has 2 heterocycles. The molecule has 0 bridgehead atoms. The molecule has 1 atom stereocenters. The van der Waals surface area contributed by atoms with Gasteiger partial charge in [-0.25, -0.2) is 0 Å². The summed E-state index contributed by atoms with van der Waals surface area (Å²) in [5, 5.41) is 7.61. The fraction of sp³-hybridized carbons (Fsp3) is 0.714. The van der Waals surface area contributed by atoms with E-state index in [1.165, 1.54) is 0 Å². The SMILES string of the molecule is Cc1cnn(CCN2CCCC(NC(C)C)C2=O)c1. The Kier molecular flexibility index (Phi) is 4.58. The number of aryl methyl sites for hydroxylation is 1. The van der Waals surface area contributed by atoms with Crippen molar-refractivity contribution in [2.24, 2.45) is 0 Å². The van der Waals surface area contributed by atoms with Crippen LogP contribution in [0.2, 0.25) is 0 Å². The maximum absolute atomic E-state index is 12.3. The zero-order chi connectivity index (χ0) is 13.8. The lowest BCUT2D eigenvalue weighted by atomic mass is 10.0. The summed E-state index contributed by atoms with van der Waals surface area (Å²) >= 11 is 0. The Labute approximate surface area is 115 Å². The van der Waals surface area contributed by atoms with Gasteiger partial charge in [-0.2, -0.15) is 5.10 Å². The van der Waals surface area contributed by atoms with Crippen LogP contribution in [0.15, 0.2) is 12.4 Å². The maximum Gasteiger partial charge on any atom is 0.239 e. The van der Waals surface area contributed by atoms with Crippen LogP contribution in [-0.4, -0.2) is 45.8 Å². The topological polar surface area (TPSA) is 50.2 Å². The lowest BCUT2D eigenvalue weighted by Gasteiger charge is -2.33. The van der Waals surface area contributed by atoms with E-state index in [0.717, 1.165) is 38.0 Å². The van der Waals surface area contributed by atoms with Crippen molar-refractivity contribution in [3.8, 4) is 0 Å². The van der Waals surface area contributed by atoms with Crippen molar-refractivity contribution in [3.63, 3.8) is 0 Å². The standard InChI is InChI=1S/C14H24N4O/c1-11(2)16-13-5-4-6-17(14(13)19)7-8-18-10-12(3)9-15-18/h9-11,13,16H,4-8H2,1-3H3. The normalized spacial score (nSPS) is 20.3. The molecule has 1 aliphatic heterocycles. The molecule has 106 valence electrons. The molecule has 0 aliphatic carbocycles. The zero-order valence-electron chi connectivity index (χ0n) is 12.1. The molecule has 0 spiro atoms. The van der Waals surface area contributed by atoms with Gasteiger partial charge in [-0.3, -0.25) is 9.48 Å². The summed E-state index contributed by atoms with van der Waals surface area (Å²) in [6.07, 6.45) is 5.89. The number of piperidine rings is 1. The molecule has 19 heavy (non-hydrogen) atoms. The minimum absolute atomic E-state index is 0.00638. The largest absolute Gasteiger partial charge is 0.339 e. The summed E-state index contributed by atoms with van der Waals surface area (Å²) in [6.45, 7) is 8.58. The Hall–Kier alpha value is -1.36. The lowest BCUT2D eigenvalue weighted by molar-refractivity contribution is -0.136. The van der Waals surface area contributed by atoms with E-state index >= 15 is 0 Å². The van der Waals surface area contributed by atoms with Gasteiger partial charge in [-0.1, -0.05) is 13.8 Å². The first kappa shape index (κ1) is 14.1. The molecule has 1 amide bonds. The van der Waals surface area contributed by atoms with Gasteiger partial charge in [0.05, 0.1) is 18.8 Å². The second-order valence-corrected chi connectivity index (χ2v) is 5.62. The van der Waals surface area contributed by atoms with E-state index in [1.54, 1.807) is 0 Å². The highest BCUT2D eigenvalue weighted by Gasteiger charge is 2.28. The van der Waals surface area contributed by atoms with Crippen molar-refractivity contribution in [2.45, 2.75) is 52.2 Å². The summed E-state index contributed by atoms with van der Waals surface area (Å²) in [5.74, 6) is 0.240. The maximum atomic E-state index is 12.3. The first-order valence-electron chi connectivity index (χ1n) is 7.10. The molecule has 1 aromatic heterocycles. The van der Waals surface area contributed by atoms with Gasteiger partial charge in [0, 0.05) is 25.3 Å². The first-order chi connectivity index (χ1) is 9.06. The number of carbonyl (C=O) groups is 1. The van der Waals surface area contributed by atoms with Crippen molar-refractivity contribution >= 4 is 5.91 Å². The Morgan fingerprint density at radius 2 is 2.26 bits per heavy atom. The number of likely N-dealkylation sites (tertiary alicyclic amines) is 1. The van der Waals surface area contributed by atoms with Crippen molar-refractivity contribution in [1.82, 2.24) is 20.0 Å². The van der Waals surface area contributed by atoms with Crippen molar-refractivity contribution in [1.29, 1.82) is 0 Å². The van der Waals surface area contributed by atoms with Gasteiger partial charge in [0.2, 0.25) is 5.91 Å². The summed E-state index contributed by atoms with van der Waals surface area (Å²) in [6, 6.07) is 0.343. The van der Waals surface area contributed by atoms with Crippen LogP contribution < -0.4 is 5.32 Å². The Morgan fingerprint density at radius 1 is 1.47 bits per heavy atom. The Balaban J connectivity index is 1.87. The number of aromatic nitrogens is 2. The average molecular weight is 264 g/mol. The van der Waals surface area contributed by atoms with Crippen LogP contribution in [0.3, 0.4) is 0 Å². The summed E-state index contributed by atoms with van der Waals surface area (Å²) in [7, 11) is 0. The first-order valence-corrected chi connectivity index (χ1v) is 7.10. The molecule has 0 saturated carbocycles. The number of hydrogen-bond donors (Lipinski definition) is 1. The van der Waals surface area contributed by atoms with Gasteiger partial charge < -0.3 is 10.2 Å². The molecule has 5 heteroatoms. The number of carbonyl (C=O) groups excluding carboxylic acids is 1. The van der Waals surface area contributed by atoms with Crippen molar-refractivity contribution in [2.75, 3.05) is 13.1 Å². The van der Waals surface area contributed by atoms with Crippen LogP contribution in [0.4, 0.5) is 0 Å². The highest BCUT2D eigenvalue weighted by molar-refractivity contribution is 5.82. The molecule has 1 aromatic rings. The van der Waals surface area contributed by atoms with Crippen LogP contribution in [0.25, 0.3) is 0 Å². The molecule has 1 unspecified atom stereocenters. The molecule has 1 fully saturated rings. The van der Waals surface area contributed by atoms with E-state index < -0.39 is 0 Å². The van der Waals surface area contributed by atoms with E-state index in [2.05, 4.69) is 24.3 Å². The highest BCUT2D eigenvalue weighted by Crippen LogP contribution is 2.12. The summed E-state index contributed by atoms with van der Waals surface area (Å²) in [4.78, 5) is 14.3. The number of nitrogens with zero attached hydrogens (tertiary/aromatic N) is 3. The van der Waals surface area contributed by atoms with E-state index in [-0.39, 0.29) is 11.9 Å².